The lowest BCUT2D eigenvalue weighted by Gasteiger charge is -2.28. The molecule has 22 heavy (non-hydrogen) atoms. The van der Waals surface area contributed by atoms with Crippen LogP contribution in [0.1, 0.15) is 12.0 Å². The first kappa shape index (κ1) is 15.9. The van der Waals surface area contributed by atoms with Crippen LogP contribution in [0.15, 0.2) is 22.7 Å². The van der Waals surface area contributed by atoms with Gasteiger partial charge in [-0.25, -0.2) is 0 Å². The van der Waals surface area contributed by atoms with Gasteiger partial charge in [-0.1, -0.05) is 15.9 Å². The third kappa shape index (κ3) is 3.04. The smallest absolute Gasteiger partial charge is 0.239 e. The van der Waals surface area contributed by atoms with E-state index in [4.69, 9.17) is 0 Å². The zero-order valence-corrected chi connectivity index (χ0v) is 15.0. The third-order valence-corrected chi connectivity index (χ3v) is 5.71. The summed E-state index contributed by atoms with van der Waals surface area (Å²) in [6, 6.07) is 5.88. The predicted octanol–water partition coefficient (Wildman–Crippen LogP) is 2.69. The molecular weight excluding hydrogens is 364 g/mol. The fraction of sp³-hybridized carbons (Fsp3) is 0.500. The number of hydrogen-bond acceptors (Lipinski definition) is 3. The van der Waals surface area contributed by atoms with Gasteiger partial charge in [0.2, 0.25) is 11.8 Å². The van der Waals surface area contributed by atoms with Crippen LogP contribution >= 0.6 is 27.7 Å². The van der Waals surface area contributed by atoms with E-state index in [0.717, 1.165) is 40.3 Å². The molecular formula is C16H19BrN2O2S. The monoisotopic (exact) mass is 382 g/mol. The van der Waals surface area contributed by atoms with Crippen LogP contribution in [-0.2, 0) is 9.59 Å². The number of thioether (sulfide) groups is 1. The highest BCUT2D eigenvalue weighted by Crippen LogP contribution is 2.31. The Kier molecular flexibility index (Phi) is 4.78. The number of hydrogen-bond donors (Lipinski definition) is 0. The molecule has 1 aromatic rings. The second kappa shape index (κ2) is 6.62. The van der Waals surface area contributed by atoms with Crippen molar-refractivity contribution in [2.45, 2.75) is 13.3 Å². The van der Waals surface area contributed by atoms with Gasteiger partial charge < -0.3 is 9.80 Å². The maximum atomic E-state index is 12.7. The van der Waals surface area contributed by atoms with Gasteiger partial charge in [-0.05, 0) is 37.1 Å². The molecule has 2 aliphatic rings. The fourth-order valence-electron chi connectivity index (χ4n) is 3.07. The van der Waals surface area contributed by atoms with Gasteiger partial charge in [-0.15, -0.1) is 0 Å². The summed E-state index contributed by atoms with van der Waals surface area (Å²) < 4.78 is 0.999. The SMILES string of the molecule is Cc1cc(Br)ccc1N1CCC(C(=O)N2CCSCC2)C1=O. The third-order valence-electron chi connectivity index (χ3n) is 4.28. The van der Waals surface area contributed by atoms with Crippen LogP contribution in [0.3, 0.4) is 0 Å². The summed E-state index contributed by atoms with van der Waals surface area (Å²) in [5, 5.41) is 0. The number of benzene rings is 1. The van der Waals surface area contributed by atoms with Crippen LogP contribution < -0.4 is 4.90 Å². The van der Waals surface area contributed by atoms with E-state index in [-0.39, 0.29) is 11.8 Å². The lowest BCUT2D eigenvalue weighted by Crippen LogP contribution is -2.44. The Bertz CT molecular complexity index is 602. The molecule has 0 N–H and O–H groups in total. The Morgan fingerprint density at radius 3 is 2.68 bits per heavy atom. The van der Waals surface area contributed by atoms with E-state index in [0.29, 0.717) is 13.0 Å². The highest BCUT2D eigenvalue weighted by Gasteiger charge is 2.40. The first-order valence-corrected chi connectivity index (χ1v) is 9.47. The molecule has 6 heteroatoms. The van der Waals surface area contributed by atoms with Crippen molar-refractivity contribution < 1.29 is 9.59 Å². The van der Waals surface area contributed by atoms with Crippen molar-refractivity contribution in [3.05, 3.63) is 28.2 Å². The van der Waals surface area contributed by atoms with E-state index in [1.807, 2.05) is 41.8 Å². The molecule has 3 rings (SSSR count). The minimum absolute atomic E-state index is 0.0163. The first-order chi connectivity index (χ1) is 10.6. The number of rotatable bonds is 2. The Hall–Kier alpha value is -1.01. The molecule has 2 fully saturated rings. The Balaban J connectivity index is 1.75. The fourth-order valence-corrected chi connectivity index (χ4v) is 4.45. The topological polar surface area (TPSA) is 40.6 Å². The minimum Gasteiger partial charge on any atom is -0.340 e. The van der Waals surface area contributed by atoms with Crippen LogP contribution in [0.25, 0.3) is 0 Å². The molecule has 4 nitrogen and oxygen atoms in total. The molecule has 0 saturated carbocycles. The van der Waals surface area contributed by atoms with Gasteiger partial charge in [-0.2, -0.15) is 11.8 Å². The number of nitrogens with zero attached hydrogens (tertiary/aromatic N) is 2. The standard InChI is InChI=1S/C16H19BrN2O2S/c1-11-10-12(17)2-3-14(11)19-5-4-13(16(19)21)15(20)18-6-8-22-9-7-18/h2-3,10,13H,4-9H2,1H3. The Labute approximate surface area is 143 Å². The van der Waals surface area contributed by atoms with Crippen molar-refractivity contribution in [2.24, 2.45) is 5.92 Å². The number of anilines is 1. The molecule has 1 atom stereocenters. The van der Waals surface area contributed by atoms with Crippen molar-refractivity contribution in [2.75, 3.05) is 36.0 Å². The summed E-state index contributed by atoms with van der Waals surface area (Å²) in [7, 11) is 0. The zero-order valence-electron chi connectivity index (χ0n) is 12.5. The molecule has 1 unspecified atom stereocenters. The maximum Gasteiger partial charge on any atom is 0.239 e. The lowest BCUT2D eigenvalue weighted by atomic mass is 10.1. The molecule has 0 bridgehead atoms. The van der Waals surface area contributed by atoms with Crippen LogP contribution in [-0.4, -0.2) is 47.9 Å². The highest BCUT2D eigenvalue weighted by molar-refractivity contribution is 9.10. The lowest BCUT2D eigenvalue weighted by molar-refractivity contribution is -0.139. The predicted molar refractivity (Wildman–Crippen MR) is 93.2 cm³/mol. The summed E-state index contributed by atoms with van der Waals surface area (Å²) >= 11 is 5.31. The second-order valence-corrected chi connectivity index (χ2v) is 7.84. The van der Waals surface area contributed by atoms with E-state index in [2.05, 4.69) is 15.9 Å². The zero-order chi connectivity index (χ0) is 15.7. The van der Waals surface area contributed by atoms with Crippen molar-refractivity contribution in [1.82, 2.24) is 4.90 Å². The van der Waals surface area contributed by atoms with E-state index in [9.17, 15) is 9.59 Å². The number of amides is 2. The van der Waals surface area contributed by atoms with E-state index in [1.165, 1.54) is 0 Å². The number of halogens is 1. The van der Waals surface area contributed by atoms with Gasteiger partial charge in [-0.3, -0.25) is 9.59 Å². The van der Waals surface area contributed by atoms with Gasteiger partial charge >= 0.3 is 0 Å². The minimum atomic E-state index is -0.494. The number of carbonyl (C=O) groups excluding carboxylic acids is 2. The first-order valence-electron chi connectivity index (χ1n) is 7.52. The van der Waals surface area contributed by atoms with Gasteiger partial charge in [0.25, 0.3) is 0 Å². The molecule has 118 valence electrons. The summed E-state index contributed by atoms with van der Waals surface area (Å²) in [5.41, 5.74) is 1.96. The molecule has 2 amide bonds. The summed E-state index contributed by atoms with van der Waals surface area (Å²) in [6.07, 6.45) is 0.622. The van der Waals surface area contributed by atoms with Crippen LogP contribution in [0.2, 0.25) is 0 Å². The van der Waals surface area contributed by atoms with Gasteiger partial charge in [0.15, 0.2) is 0 Å². The molecule has 2 aliphatic heterocycles. The van der Waals surface area contributed by atoms with Gasteiger partial charge in [0.1, 0.15) is 5.92 Å². The molecule has 0 spiro atoms. The normalized spacial score (nSPS) is 22.3. The molecule has 1 aromatic carbocycles. The second-order valence-electron chi connectivity index (χ2n) is 5.70. The summed E-state index contributed by atoms with van der Waals surface area (Å²) in [5.74, 6) is 1.42. The van der Waals surface area contributed by atoms with E-state index in [1.54, 1.807) is 4.90 Å². The molecule has 0 radical (unpaired) electrons. The van der Waals surface area contributed by atoms with Crippen molar-refractivity contribution in [1.29, 1.82) is 0 Å². The van der Waals surface area contributed by atoms with Crippen molar-refractivity contribution in [3.63, 3.8) is 0 Å². The van der Waals surface area contributed by atoms with Crippen LogP contribution in [0, 0.1) is 12.8 Å². The number of aryl methyl sites for hydroxylation is 1. The van der Waals surface area contributed by atoms with Crippen LogP contribution in [0.5, 0.6) is 0 Å². The molecule has 0 aromatic heterocycles. The number of carbonyl (C=O) groups is 2. The Morgan fingerprint density at radius 1 is 1.27 bits per heavy atom. The average molecular weight is 383 g/mol. The molecule has 2 saturated heterocycles. The molecule has 2 heterocycles. The van der Waals surface area contributed by atoms with Crippen molar-refractivity contribution >= 4 is 45.2 Å². The van der Waals surface area contributed by atoms with Gasteiger partial charge in [0.05, 0.1) is 0 Å². The molecule has 0 aliphatic carbocycles. The van der Waals surface area contributed by atoms with Gasteiger partial charge in [0, 0.05) is 41.3 Å². The average Bonchev–Trinajstić information content (AvgIpc) is 2.89. The Morgan fingerprint density at radius 2 is 2.00 bits per heavy atom. The largest absolute Gasteiger partial charge is 0.340 e. The van der Waals surface area contributed by atoms with E-state index < -0.39 is 5.92 Å². The van der Waals surface area contributed by atoms with E-state index >= 15 is 0 Å². The van der Waals surface area contributed by atoms with Crippen molar-refractivity contribution in [3.8, 4) is 0 Å². The summed E-state index contributed by atoms with van der Waals surface area (Å²) in [4.78, 5) is 28.9. The highest BCUT2D eigenvalue weighted by atomic mass is 79.9. The quantitative estimate of drug-likeness (QED) is 0.738. The van der Waals surface area contributed by atoms with Crippen LogP contribution in [0.4, 0.5) is 5.69 Å². The maximum absolute atomic E-state index is 12.7. The summed E-state index contributed by atoms with van der Waals surface area (Å²) in [6.45, 7) is 4.15.